The molecule has 3 N–H and O–H groups in total. The van der Waals surface area contributed by atoms with Crippen molar-refractivity contribution in [1.29, 1.82) is 0 Å². The van der Waals surface area contributed by atoms with Gasteiger partial charge in [0, 0.05) is 24.4 Å². The lowest BCUT2D eigenvalue weighted by Gasteiger charge is -2.28. The minimum Gasteiger partial charge on any atom is -0.507 e. The van der Waals surface area contributed by atoms with Gasteiger partial charge in [0.05, 0.1) is 24.9 Å². The molecule has 1 fully saturated rings. The van der Waals surface area contributed by atoms with Crippen molar-refractivity contribution < 1.29 is 33.8 Å². The van der Waals surface area contributed by atoms with Crippen molar-refractivity contribution in [2.45, 2.75) is 45.6 Å². The predicted octanol–water partition coefficient (Wildman–Crippen LogP) is 4.68. The number of hydrogen-bond acceptors (Lipinski definition) is 8. The lowest BCUT2D eigenvalue weighted by atomic mass is 9.70. The number of phenols is 1. The Bertz CT molecular complexity index is 1730. The molecular weight excluding hydrogens is 536 g/mol. The average Bonchev–Trinajstić information content (AvgIpc) is 3.74. The molecule has 0 spiro atoms. The van der Waals surface area contributed by atoms with Crippen LogP contribution in [0.2, 0.25) is 0 Å². The number of ether oxygens (including phenoxy) is 2. The number of methoxy groups -OCH3 is 1. The number of aromatic hydroxyl groups is 1. The number of carbonyl (C=O) groups excluding carboxylic acids is 3. The highest BCUT2D eigenvalue weighted by molar-refractivity contribution is 6.31. The van der Waals surface area contributed by atoms with Crippen molar-refractivity contribution in [2.75, 3.05) is 13.7 Å². The molecule has 1 amide bonds. The molecule has 0 aromatic heterocycles. The van der Waals surface area contributed by atoms with Crippen LogP contribution in [0.25, 0.3) is 10.8 Å². The molecule has 1 atom stereocenters. The van der Waals surface area contributed by atoms with E-state index < -0.39 is 22.9 Å². The number of aryl methyl sites for hydroxylation is 1. The monoisotopic (exact) mass is 568 g/mol. The summed E-state index contributed by atoms with van der Waals surface area (Å²) in [5.41, 5.74) is 3.47. The van der Waals surface area contributed by atoms with Crippen LogP contribution in [0.1, 0.15) is 53.7 Å². The van der Waals surface area contributed by atoms with Crippen molar-refractivity contribution in [2.24, 2.45) is 5.92 Å². The van der Waals surface area contributed by atoms with Crippen LogP contribution in [0.15, 0.2) is 65.6 Å². The van der Waals surface area contributed by atoms with E-state index in [-0.39, 0.29) is 51.9 Å². The van der Waals surface area contributed by atoms with Gasteiger partial charge >= 0.3 is 0 Å². The summed E-state index contributed by atoms with van der Waals surface area (Å²) in [6.07, 6.45) is 3.41. The third-order valence-corrected chi connectivity index (χ3v) is 8.38. The van der Waals surface area contributed by atoms with Gasteiger partial charge in [0.15, 0.2) is 17.3 Å². The van der Waals surface area contributed by atoms with Crippen LogP contribution >= 0.6 is 0 Å². The van der Waals surface area contributed by atoms with Crippen molar-refractivity contribution in [3.63, 3.8) is 0 Å². The highest BCUT2D eigenvalue weighted by Gasteiger charge is 2.56. The van der Waals surface area contributed by atoms with E-state index in [1.807, 2.05) is 43.3 Å². The summed E-state index contributed by atoms with van der Waals surface area (Å²) in [5.74, 6) is -1.36. The molecule has 6 rings (SSSR count). The van der Waals surface area contributed by atoms with Crippen LogP contribution in [0.5, 0.6) is 17.2 Å². The molecule has 1 heterocycles. The second-order valence-electron chi connectivity index (χ2n) is 11.2. The summed E-state index contributed by atoms with van der Waals surface area (Å²) in [6.45, 7) is 5.86. The number of fused-ring (bicyclic) bond motifs is 4. The maximum atomic E-state index is 14.0. The van der Waals surface area contributed by atoms with Gasteiger partial charge in [-0.25, -0.2) is 0 Å². The molecule has 9 nitrogen and oxygen atoms in total. The first-order chi connectivity index (χ1) is 20.1. The van der Waals surface area contributed by atoms with Crippen LogP contribution < -0.4 is 20.3 Å². The molecule has 1 saturated carbocycles. The largest absolute Gasteiger partial charge is 0.507 e. The Morgan fingerprint density at radius 2 is 1.93 bits per heavy atom. The fourth-order valence-electron chi connectivity index (χ4n) is 5.77. The molecule has 3 aromatic carbocycles. The lowest BCUT2D eigenvalue weighted by Crippen LogP contribution is -2.41. The predicted molar refractivity (Wildman–Crippen MR) is 155 cm³/mol. The fraction of sp³-hybridized carbons (Fsp3) is 0.303. The first kappa shape index (κ1) is 27.5. The highest BCUT2D eigenvalue weighted by Crippen LogP contribution is 2.56. The van der Waals surface area contributed by atoms with Crippen molar-refractivity contribution >= 4 is 28.2 Å². The number of benzene rings is 3. The zero-order valence-corrected chi connectivity index (χ0v) is 23.9. The van der Waals surface area contributed by atoms with Gasteiger partial charge in [0.2, 0.25) is 0 Å². The molecule has 0 bridgehead atoms. The SMILES string of the molecule is COc1cc(O)c2c(c1C(=O)NCc1c(C)ccc3ccccc13)OC1=CC(=O)/C(=C(/C)NOCC3CC3)C(=O)[C@]12C. The smallest absolute Gasteiger partial charge is 0.259 e. The molecule has 0 radical (unpaired) electrons. The van der Waals surface area contributed by atoms with Gasteiger partial charge in [-0.05, 0) is 61.4 Å². The van der Waals surface area contributed by atoms with E-state index in [1.165, 1.54) is 19.3 Å². The first-order valence-corrected chi connectivity index (χ1v) is 13.9. The second kappa shape index (κ2) is 10.3. The van der Waals surface area contributed by atoms with E-state index in [0.29, 0.717) is 12.5 Å². The summed E-state index contributed by atoms with van der Waals surface area (Å²) < 4.78 is 11.5. The van der Waals surface area contributed by atoms with Gasteiger partial charge in [-0.3, -0.25) is 24.7 Å². The molecule has 9 heteroatoms. The number of amides is 1. The quantitative estimate of drug-likeness (QED) is 0.203. The average molecular weight is 569 g/mol. The summed E-state index contributed by atoms with van der Waals surface area (Å²) in [7, 11) is 1.38. The Morgan fingerprint density at radius 3 is 2.67 bits per heavy atom. The first-order valence-electron chi connectivity index (χ1n) is 13.9. The fourth-order valence-corrected chi connectivity index (χ4v) is 5.77. The van der Waals surface area contributed by atoms with E-state index >= 15 is 0 Å². The normalized spacial score (nSPS) is 20.4. The summed E-state index contributed by atoms with van der Waals surface area (Å²) >= 11 is 0. The number of phenolic OH excluding ortho intramolecular Hbond substituents is 1. The van der Waals surface area contributed by atoms with E-state index in [9.17, 15) is 19.5 Å². The Labute approximate surface area is 243 Å². The highest BCUT2D eigenvalue weighted by atomic mass is 16.6. The summed E-state index contributed by atoms with van der Waals surface area (Å²) in [4.78, 5) is 46.4. The molecular formula is C33H32N2O7. The Kier molecular flexibility index (Phi) is 6.77. The second-order valence-corrected chi connectivity index (χ2v) is 11.2. The van der Waals surface area contributed by atoms with Crippen molar-refractivity contribution in [1.82, 2.24) is 10.8 Å². The number of hydrogen-bond donors (Lipinski definition) is 3. The summed E-state index contributed by atoms with van der Waals surface area (Å²) in [6, 6.07) is 13.3. The molecule has 3 aliphatic rings. The van der Waals surface area contributed by atoms with Crippen molar-refractivity contribution in [3.05, 3.63) is 87.8 Å². The number of ketones is 2. The lowest BCUT2D eigenvalue weighted by molar-refractivity contribution is -0.123. The van der Waals surface area contributed by atoms with E-state index in [1.54, 1.807) is 13.8 Å². The maximum Gasteiger partial charge on any atom is 0.259 e. The molecule has 3 aromatic rings. The zero-order valence-electron chi connectivity index (χ0n) is 23.9. The standard InChI is InChI=1S/C33H32N2O7/c1-17-9-12-20-7-5-6-8-21(20)22(17)15-34-32(39)28-25(40-4)13-24(37)29-30(28)42-26-14-23(36)27(31(38)33(26,29)3)18(2)35-41-16-19-10-11-19/h5-9,12-14,19,35,37H,10-11,15-16H2,1-4H3,(H,34,39)/b27-18+/t33-/m1/s1. The van der Waals surface area contributed by atoms with E-state index in [4.69, 9.17) is 14.3 Å². The number of hydroxylamine groups is 1. The molecule has 0 unspecified atom stereocenters. The van der Waals surface area contributed by atoms with Crippen LogP contribution in [-0.4, -0.2) is 36.3 Å². The van der Waals surface area contributed by atoms with E-state index in [2.05, 4.69) is 10.8 Å². The van der Waals surface area contributed by atoms with Gasteiger partial charge in [-0.15, -0.1) is 0 Å². The van der Waals surface area contributed by atoms with Gasteiger partial charge in [0.25, 0.3) is 5.91 Å². The van der Waals surface area contributed by atoms with Crippen LogP contribution in [0.4, 0.5) is 0 Å². The number of carbonyl (C=O) groups is 3. The Balaban J connectivity index is 1.37. The zero-order chi connectivity index (χ0) is 29.8. The maximum absolute atomic E-state index is 14.0. The topological polar surface area (TPSA) is 123 Å². The third kappa shape index (κ3) is 4.41. The van der Waals surface area contributed by atoms with Crippen LogP contribution in [0.3, 0.4) is 0 Å². The van der Waals surface area contributed by atoms with Crippen LogP contribution in [-0.2, 0) is 26.4 Å². The van der Waals surface area contributed by atoms with Crippen LogP contribution in [0, 0.1) is 12.8 Å². The Hall–Kier alpha value is -4.63. The summed E-state index contributed by atoms with van der Waals surface area (Å²) in [5, 5.41) is 16.2. The molecule has 42 heavy (non-hydrogen) atoms. The number of nitrogens with one attached hydrogen (secondary N) is 2. The minimum absolute atomic E-state index is 0.0214. The van der Waals surface area contributed by atoms with Gasteiger partial charge < -0.3 is 19.9 Å². The van der Waals surface area contributed by atoms with Gasteiger partial charge in [-0.1, -0.05) is 36.4 Å². The van der Waals surface area contributed by atoms with Gasteiger partial charge in [0.1, 0.15) is 28.2 Å². The molecule has 2 aliphatic carbocycles. The molecule has 0 saturated heterocycles. The number of rotatable bonds is 8. The minimum atomic E-state index is -1.55. The number of allylic oxidation sites excluding steroid dienone is 4. The van der Waals surface area contributed by atoms with Crippen molar-refractivity contribution in [3.8, 4) is 17.2 Å². The van der Waals surface area contributed by atoms with Gasteiger partial charge in [-0.2, -0.15) is 0 Å². The molecule has 1 aliphatic heterocycles. The molecule has 216 valence electrons. The Morgan fingerprint density at radius 1 is 1.17 bits per heavy atom. The number of Topliss-reactive ketones (excluding diaryl/α,β-unsaturated/α-hetero) is 1. The van der Waals surface area contributed by atoms with E-state index in [0.717, 1.165) is 34.7 Å². The third-order valence-electron chi connectivity index (χ3n) is 8.38.